The molecule has 2 nitrogen and oxygen atoms in total. The molecule has 0 aliphatic heterocycles. The maximum Gasteiger partial charge on any atom is 0.0788 e. The van der Waals surface area contributed by atoms with E-state index in [4.69, 9.17) is 0 Å². The number of aromatic nitrogens is 2. The highest BCUT2D eigenvalue weighted by atomic mass is 15.0. The summed E-state index contributed by atoms with van der Waals surface area (Å²) in [5.41, 5.74) is 10.0. The third kappa shape index (κ3) is 3.28. The number of fused-ring (bicyclic) bond motifs is 7. The summed E-state index contributed by atoms with van der Waals surface area (Å²) in [6.07, 6.45) is 7.82. The van der Waals surface area contributed by atoms with E-state index in [1.165, 1.54) is 66.1 Å². The van der Waals surface area contributed by atoms with Crippen LogP contribution in [0.1, 0.15) is 18.9 Å². The van der Waals surface area contributed by atoms with Gasteiger partial charge in [-0.25, -0.2) is 0 Å². The van der Waals surface area contributed by atoms with E-state index in [1.54, 1.807) is 0 Å². The van der Waals surface area contributed by atoms with Crippen molar-refractivity contribution in [1.82, 2.24) is 9.13 Å². The molecule has 0 N–H and O–H groups in total. The highest BCUT2D eigenvalue weighted by molar-refractivity contribution is 6.23. The van der Waals surface area contributed by atoms with E-state index in [9.17, 15) is 0 Å². The maximum absolute atomic E-state index is 2.47. The van der Waals surface area contributed by atoms with Gasteiger partial charge in [-0.05, 0) is 59.9 Å². The van der Waals surface area contributed by atoms with Crippen LogP contribution in [0.15, 0.2) is 133 Å². The quantitative estimate of drug-likeness (QED) is 0.228. The fourth-order valence-electron chi connectivity index (χ4n) is 6.54. The first kappa shape index (κ1) is 22.2. The van der Waals surface area contributed by atoms with Gasteiger partial charge in [-0.3, -0.25) is 0 Å². The molecule has 2 heteroatoms. The number of hydrogen-bond donors (Lipinski definition) is 0. The van der Waals surface area contributed by atoms with Gasteiger partial charge >= 0.3 is 0 Å². The highest BCUT2D eigenvalue weighted by Gasteiger charge is 2.21. The van der Waals surface area contributed by atoms with E-state index in [0.29, 0.717) is 5.92 Å². The average Bonchev–Trinajstić information content (AvgIpc) is 3.51. The van der Waals surface area contributed by atoms with E-state index < -0.39 is 0 Å². The van der Waals surface area contributed by atoms with Gasteiger partial charge in [0.15, 0.2) is 0 Å². The zero-order valence-corrected chi connectivity index (χ0v) is 21.9. The summed E-state index contributed by atoms with van der Waals surface area (Å²) >= 11 is 0. The van der Waals surface area contributed by atoms with E-state index >= 15 is 0 Å². The Kier molecular flexibility index (Phi) is 4.90. The van der Waals surface area contributed by atoms with Gasteiger partial charge in [0.25, 0.3) is 0 Å². The second-order valence-corrected chi connectivity index (χ2v) is 10.6. The standard InChI is InChI=1S/C37H28N2/c1-25-11-5-6-14-29(25)26-19-21-28(22-20-26)39-35-18-10-8-16-31(35)33-24-23-32-30-15-7-9-17-34(30)38(36(32)37(33)39)27-12-3-2-4-13-27/h2-10,12-25H,11H2,1H3. The Morgan fingerprint density at radius 3 is 1.67 bits per heavy atom. The van der Waals surface area contributed by atoms with Crippen LogP contribution in [0.4, 0.5) is 0 Å². The maximum atomic E-state index is 2.47. The largest absolute Gasteiger partial charge is 0.307 e. The predicted molar refractivity (Wildman–Crippen MR) is 166 cm³/mol. The van der Waals surface area contributed by atoms with E-state index in [0.717, 1.165) is 6.42 Å². The molecule has 2 heterocycles. The molecule has 1 atom stereocenters. The second-order valence-electron chi connectivity index (χ2n) is 10.6. The minimum absolute atomic E-state index is 0.537. The third-order valence-corrected chi connectivity index (χ3v) is 8.37. The van der Waals surface area contributed by atoms with Gasteiger partial charge in [-0.15, -0.1) is 0 Å². The third-order valence-electron chi connectivity index (χ3n) is 8.37. The summed E-state index contributed by atoms with van der Waals surface area (Å²) in [6, 6.07) is 42.1. The monoisotopic (exact) mass is 500 g/mol. The first-order valence-electron chi connectivity index (χ1n) is 13.8. The van der Waals surface area contributed by atoms with Gasteiger partial charge in [0, 0.05) is 32.9 Å². The Hall–Kier alpha value is -4.82. The molecule has 0 bridgehead atoms. The molecule has 0 radical (unpaired) electrons. The smallest absolute Gasteiger partial charge is 0.0788 e. The number of rotatable bonds is 3. The minimum atomic E-state index is 0.537. The second kappa shape index (κ2) is 8.61. The normalized spacial score (nSPS) is 15.5. The molecule has 0 spiro atoms. The molecular formula is C37H28N2. The summed E-state index contributed by atoms with van der Waals surface area (Å²) in [6.45, 7) is 2.31. The minimum Gasteiger partial charge on any atom is -0.307 e. The van der Waals surface area contributed by atoms with Crippen molar-refractivity contribution in [1.29, 1.82) is 0 Å². The Balaban J connectivity index is 1.49. The highest BCUT2D eigenvalue weighted by Crippen LogP contribution is 2.41. The SMILES string of the molecule is CC1CC=CC=C1c1ccc(-n2c3ccccc3c3ccc4c5ccccc5n(-c5ccccc5)c4c32)cc1. The lowest BCUT2D eigenvalue weighted by Gasteiger charge is -2.18. The van der Waals surface area contributed by atoms with Crippen LogP contribution in [0.3, 0.4) is 0 Å². The van der Waals surface area contributed by atoms with Gasteiger partial charge in [0.1, 0.15) is 0 Å². The number of benzene rings is 5. The number of allylic oxidation sites excluding steroid dienone is 4. The van der Waals surface area contributed by atoms with E-state index in [-0.39, 0.29) is 0 Å². The molecule has 186 valence electrons. The van der Waals surface area contributed by atoms with Crippen LogP contribution in [0.25, 0.3) is 60.6 Å². The van der Waals surface area contributed by atoms with Crippen LogP contribution in [0.5, 0.6) is 0 Å². The summed E-state index contributed by atoms with van der Waals surface area (Å²) in [4.78, 5) is 0. The first-order valence-corrected chi connectivity index (χ1v) is 13.8. The lowest BCUT2D eigenvalue weighted by molar-refractivity contribution is 0.758. The molecule has 39 heavy (non-hydrogen) atoms. The van der Waals surface area contributed by atoms with Crippen LogP contribution in [-0.2, 0) is 0 Å². The average molecular weight is 501 g/mol. The molecule has 1 unspecified atom stereocenters. The van der Waals surface area contributed by atoms with Crippen molar-refractivity contribution in [2.45, 2.75) is 13.3 Å². The van der Waals surface area contributed by atoms with Crippen LogP contribution >= 0.6 is 0 Å². The molecule has 0 fully saturated rings. The Labute approximate surface area is 227 Å². The number of para-hydroxylation sites is 3. The summed E-state index contributed by atoms with van der Waals surface area (Å²) < 4.78 is 4.91. The van der Waals surface area contributed by atoms with Crippen molar-refractivity contribution < 1.29 is 0 Å². The summed E-state index contributed by atoms with van der Waals surface area (Å²) in [5, 5.41) is 5.10. The number of hydrogen-bond acceptors (Lipinski definition) is 0. The summed E-state index contributed by atoms with van der Waals surface area (Å²) in [5.74, 6) is 0.537. The van der Waals surface area contributed by atoms with Crippen molar-refractivity contribution in [3.05, 3.63) is 139 Å². The molecule has 5 aromatic carbocycles. The van der Waals surface area contributed by atoms with E-state index in [1.807, 2.05) is 0 Å². The van der Waals surface area contributed by atoms with Crippen molar-refractivity contribution in [2.24, 2.45) is 5.92 Å². The van der Waals surface area contributed by atoms with Gasteiger partial charge < -0.3 is 9.13 Å². The zero-order valence-electron chi connectivity index (χ0n) is 21.9. The van der Waals surface area contributed by atoms with Crippen LogP contribution < -0.4 is 0 Å². The van der Waals surface area contributed by atoms with Gasteiger partial charge in [0.2, 0.25) is 0 Å². The number of nitrogens with zero attached hydrogens (tertiary/aromatic N) is 2. The zero-order chi connectivity index (χ0) is 25.9. The molecule has 7 aromatic rings. The molecule has 2 aromatic heterocycles. The van der Waals surface area contributed by atoms with E-state index in [2.05, 4.69) is 150 Å². The van der Waals surface area contributed by atoms with Gasteiger partial charge in [0.05, 0.1) is 22.1 Å². The van der Waals surface area contributed by atoms with Gasteiger partial charge in [-0.1, -0.05) is 104 Å². The lowest BCUT2D eigenvalue weighted by atomic mass is 9.88. The first-order chi connectivity index (χ1) is 19.3. The Morgan fingerprint density at radius 1 is 0.538 bits per heavy atom. The predicted octanol–water partition coefficient (Wildman–Crippen LogP) is 9.86. The molecule has 1 aliphatic rings. The van der Waals surface area contributed by atoms with Crippen molar-refractivity contribution >= 4 is 49.2 Å². The molecule has 1 aliphatic carbocycles. The Morgan fingerprint density at radius 2 is 1.08 bits per heavy atom. The fourth-order valence-corrected chi connectivity index (χ4v) is 6.54. The van der Waals surface area contributed by atoms with Crippen LogP contribution in [0.2, 0.25) is 0 Å². The lowest BCUT2D eigenvalue weighted by Crippen LogP contribution is -2.01. The fraction of sp³-hybridized carbons (Fsp3) is 0.0811. The Bertz CT molecular complexity index is 2080. The van der Waals surface area contributed by atoms with Gasteiger partial charge in [-0.2, -0.15) is 0 Å². The van der Waals surface area contributed by atoms with Crippen molar-refractivity contribution in [3.8, 4) is 11.4 Å². The molecule has 0 saturated heterocycles. The molecule has 8 rings (SSSR count). The van der Waals surface area contributed by atoms with Crippen molar-refractivity contribution in [3.63, 3.8) is 0 Å². The summed E-state index contributed by atoms with van der Waals surface area (Å²) in [7, 11) is 0. The van der Waals surface area contributed by atoms with Crippen molar-refractivity contribution in [2.75, 3.05) is 0 Å². The van der Waals surface area contributed by atoms with Crippen LogP contribution in [-0.4, -0.2) is 9.13 Å². The van der Waals surface area contributed by atoms with Crippen LogP contribution in [0, 0.1) is 5.92 Å². The molecular weight excluding hydrogens is 472 g/mol. The topological polar surface area (TPSA) is 9.86 Å². The molecule has 0 amide bonds. The molecule has 0 saturated carbocycles.